The molecule has 1 N–H and O–H groups in total. The van der Waals surface area contributed by atoms with Crippen LogP contribution >= 0.6 is 11.3 Å². The number of methoxy groups -OCH3 is 1. The van der Waals surface area contributed by atoms with Crippen LogP contribution in [0.25, 0.3) is 11.1 Å². The van der Waals surface area contributed by atoms with Crippen LogP contribution in [0, 0.1) is 6.92 Å². The van der Waals surface area contributed by atoms with Gasteiger partial charge in [0.15, 0.2) is 0 Å². The van der Waals surface area contributed by atoms with Gasteiger partial charge in [0.25, 0.3) is 5.91 Å². The number of rotatable bonds is 7. The number of aryl methyl sites for hydroxylation is 1. The average molecular weight is 317 g/mol. The summed E-state index contributed by atoms with van der Waals surface area (Å²) in [4.78, 5) is 14.1. The molecule has 0 bridgehead atoms. The van der Waals surface area contributed by atoms with Crippen molar-refractivity contribution in [1.29, 1.82) is 0 Å². The van der Waals surface area contributed by atoms with Crippen molar-refractivity contribution in [2.75, 3.05) is 13.7 Å². The molecule has 1 aromatic heterocycles. The molecule has 1 aromatic carbocycles. The third kappa shape index (κ3) is 4.10. The zero-order valence-electron chi connectivity index (χ0n) is 13.4. The number of hydrogen-bond donors (Lipinski definition) is 1. The molecule has 0 aliphatic rings. The van der Waals surface area contributed by atoms with Crippen LogP contribution in [0.2, 0.25) is 0 Å². The first-order chi connectivity index (χ1) is 10.7. The van der Waals surface area contributed by atoms with Crippen LogP contribution in [0.15, 0.2) is 30.3 Å². The minimum atomic E-state index is 0.0314. The maximum Gasteiger partial charge on any atom is 0.261 e. The minimum absolute atomic E-state index is 0.0314. The molecule has 22 heavy (non-hydrogen) atoms. The second-order valence-corrected chi connectivity index (χ2v) is 6.53. The van der Waals surface area contributed by atoms with Gasteiger partial charge in [0.1, 0.15) is 5.75 Å². The highest BCUT2D eigenvalue weighted by molar-refractivity contribution is 7.14. The van der Waals surface area contributed by atoms with E-state index in [4.69, 9.17) is 4.74 Å². The van der Waals surface area contributed by atoms with Crippen LogP contribution in [0.1, 0.15) is 40.7 Å². The van der Waals surface area contributed by atoms with Crippen molar-refractivity contribution in [3.05, 3.63) is 40.1 Å². The van der Waals surface area contributed by atoms with Gasteiger partial charge in [0, 0.05) is 11.4 Å². The van der Waals surface area contributed by atoms with Crippen LogP contribution in [0.5, 0.6) is 5.75 Å². The van der Waals surface area contributed by atoms with E-state index in [0.717, 1.165) is 52.4 Å². The first-order valence-electron chi connectivity index (χ1n) is 7.68. The summed E-state index contributed by atoms with van der Waals surface area (Å²) in [5, 5.41) is 3.00. The Balaban J connectivity index is 2.08. The van der Waals surface area contributed by atoms with Crippen molar-refractivity contribution in [2.24, 2.45) is 0 Å². The molecule has 2 aromatic rings. The quantitative estimate of drug-likeness (QED) is 0.755. The van der Waals surface area contributed by atoms with E-state index in [9.17, 15) is 4.79 Å². The number of benzene rings is 1. The summed E-state index contributed by atoms with van der Waals surface area (Å²) in [5.41, 5.74) is 2.23. The number of ether oxygens (including phenoxy) is 1. The van der Waals surface area contributed by atoms with Gasteiger partial charge in [0.2, 0.25) is 0 Å². The normalized spacial score (nSPS) is 10.5. The van der Waals surface area contributed by atoms with E-state index in [0.29, 0.717) is 0 Å². The summed E-state index contributed by atoms with van der Waals surface area (Å²) >= 11 is 1.55. The fourth-order valence-electron chi connectivity index (χ4n) is 2.32. The third-order valence-electron chi connectivity index (χ3n) is 3.61. The van der Waals surface area contributed by atoms with Gasteiger partial charge in [-0.25, -0.2) is 0 Å². The fourth-order valence-corrected chi connectivity index (χ4v) is 3.27. The number of carbonyl (C=O) groups is 1. The molecule has 0 unspecified atom stereocenters. The maximum absolute atomic E-state index is 12.2. The van der Waals surface area contributed by atoms with Crippen molar-refractivity contribution < 1.29 is 9.53 Å². The largest absolute Gasteiger partial charge is 0.497 e. The fraction of sp³-hybridized carbons (Fsp3) is 0.389. The number of amides is 1. The Labute approximate surface area is 136 Å². The van der Waals surface area contributed by atoms with E-state index >= 15 is 0 Å². The third-order valence-corrected chi connectivity index (χ3v) is 4.66. The van der Waals surface area contributed by atoms with Crippen molar-refractivity contribution in [3.63, 3.8) is 0 Å². The van der Waals surface area contributed by atoms with Gasteiger partial charge in [-0.2, -0.15) is 0 Å². The molecule has 118 valence electrons. The Hall–Kier alpha value is -1.81. The molecule has 3 nitrogen and oxygen atoms in total. The molecular formula is C18H23NO2S. The van der Waals surface area contributed by atoms with Crippen LogP contribution in [-0.2, 0) is 0 Å². The standard InChI is InChI=1S/C18H23NO2S/c1-4-5-6-11-19-18(20)17-12-16(13(2)22-17)14-7-9-15(21-3)10-8-14/h7-10,12H,4-6,11H2,1-3H3,(H,19,20). The Kier molecular flexibility index (Phi) is 6.01. The molecule has 0 radical (unpaired) electrons. The number of carbonyl (C=O) groups excluding carboxylic acids is 1. The van der Waals surface area contributed by atoms with Crippen molar-refractivity contribution in [1.82, 2.24) is 5.32 Å². The van der Waals surface area contributed by atoms with Gasteiger partial charge in [-0.3, -0.25) is 4.79 Å². The number of nitrogens with one attached hydrogen (secondary N) is 1. The molecule has 4 heteroatoms. The zero-order chi connectivity index (χ0) is 15.9. The monoisotopic (exact) mass is 317 g/mol. The minimum Gasteiger partial charge on any atom is -0.497 e. The molecule has 0 saturated heterocycles. The van der Waals surface area contributed by atoms with Gasteiger partial charge in [0.05, 0.1) is 12.0 Å². The molecule has 0 atom stereocenters. The van der Waals surface area contributed by atoms with Crippen LogP contribution in [-0.4, -0.2) is 19.6 Å². The lowest BCUT2D eigenvalue weighted by atomic mass is 10.1. The van der Waals surface area contributed by atoms with E-state index in [1.165, 1.54) is 0 Å². The molecule has 0 spiro atoms. The van der Waals surface area contributed by atoms with Crippen molar-refractivity contribution >= 4 is 17.2 Å². The van der Waals surface area contributed by atoms with Gasteiger partial charge in [-0.05, 0) is 42.7 Å². The van der Waals surface area contributed by atoms with E-state index in [1.54, 1.807) is 18.4 Å². The Morgan fingerprint density at radius 1 is 1.23 bits per heavy atom. The summed E-state index contributed by atoms with van der Waals surface area (Å²) < 4.78 is 5.18. The lowest BCUT2D eigenvalue weighted by Gasteiger charge is -2.03. The molecular weight excluding hydrogens is 294 g/mol. The summed E-state index contributed by atoms with van der Waals surface area (Å²) in [6.45, 7) is 4.96. The predicted molar refractivity (Wildman–Crippen MR) is 92.9 cm³/mol. The lowest BCUT2D eigenvalue weighted by Crippen LogP contribution is -2.23. The first-order valence-corrected chi connectivity index (χ1v) is 8.50. The van der Waals surface area contributed by atoms with E-state index in [-0.39, 0.29) is 5.91 Å². The molecule has 1 amide bonds. The van der Waals surface area contributed by atoms with Crippen molar-refractivity contribution in [2.45, 2.75) is 33.1 Å². The molecule has 0 aliphatic carbocycles. The summed E-state index contributed by atoms with van der Waals surface area (Å²) in [5.74, 6) is 0.870. The molecule has 2 rings (SSSR count). The average Bonchev–Trinajstić information content (AvgIpc) is 2.93. The van der Waals surface area contributed by atoms with Gasteiger partial charge in [-0.15, -0.1) is 11.3 Å². The highest BCUT2D eigenvalue weighted by Crippen LogP contribution is 2.31. The zero-order valence-corrected chi connectivity index (χ0v) is 14.3. The number of unbranched alkanes of at least 4 members (excludes halogenated alkanes) is 2. The van der Waals surface area contributed by atoms with E-state index < -0.39 is 0 Å². The highest BCUT2D eigenvalue weighted by Gasteiger charge is 2.13. The smallest absolute Gasteiger partial charge is 0.261 e. The summed E-state index contributed by atoms with van der Waals surface area (Å²) in [7, 11) is 1.66. The van der Waals surface area contributed by atoms with E-state index in [2.05, 4.69) is 19.2 Å². The van der Waals surface area contributed by atoms with Crippen LogP contribution in [0.4, 0.5) is 0 Å². The van der Waals surface area contributed by atoms with Crippen molar-refractivity contribution in [3.8, 4) is 16.9 Å². The van der Waals surface area contributed by atoms with Gasteiger partial charge < -0.3 is 10.1 Å². The Morgan fingerprint density at radius 3 is 2.59 bits per heavy atom. The number of hydrogen-bond acceptors (Lipinski definition) is 3. The van der Waals surface area contributed by atoms with Gasteiger partial charge in [-0.1, -0.05) is 31.9 Å². The topological polar surface area (TPSA) is 38.3 Å². The maximum atomic E-state index is 12.2. The Morgan fingerprint density at radius 2 is 1.95 bits per heavy atom. The number of thiophene rings is 1. The van der Waals surface area contributed by atoms with Crippen LogP contribution < -0.4 is 10.1 Å². The predicted octanol–water partition coefficient (Wildman–Crippen LogP) is 4.65. The molecule has 0 aliphatic heterocycles. The van der Waals surface area contributed by atoms with Crippen LogP contribution in [0.3, 0.4) is 0 Å². The molecule has 1 heterocycles. The SMILES string of the molecule is CCCCCNC(=O)c1cc(-c2ccc(OC)cc2)c(C)s1. The van der Waals surface area contributed by atoms with Gasteiger partial charge >= 0.3 is 0 Å². The lowest BCUT2D eigenvalue weighted by molar-refractivity contribution is 0.0957. The highest BCUT2D eigenvalue weighted by atomic mass is 32.1. The second-order valence-electron chi connectivity index (χ2n) is 5.27. The Bertz CT molecular complexity index is 617. The van der Waals surface area contributed by atoms with E-state index in [1.807, 2.05) is 30.3 Å². The molecule has 0 fully saturated rings. The summed E-state index contributed by atoms with van der Waals surface area (Å²) in [6, 6.07) is 9.92. The first kappa shape index (κ1) is 16.6. The molecule has 0 saturated carbocycles. The summed E-state index contributed by atoms with van der Waals surface area (Å²) in [6.07, 6.45) is 3.36. The second kappa shape index (κ2) is 7.99.